The first-order valence-corrected chi connectivity index (χ1v) is 5.37. The quantitative estimate of drug-likeness (QED) is 0.576. The average molecular weight is 233 g/mol. The van der Waals surface area contributed by atoms with Gasteiger partial charge in [-0.3, -0.25) is 9.59 Å². The van der Waals surface area contributed by atoms with Gasteiger partial charge in [-0.05, 0) is 6.92 Å². The minimum Gasteiger partial charge on any atom is -0.510 e. The maximum Gasteiger partial charge on any atom is 0.248 e. The predicted molar refractivity (Wildman–Crippen MR) is 65.1 cm³/mol. The molecule has 0 unspecified atom stereocenters. The molecule has 1 rings (SSSR count). The zero-order valence-electron chi connectivity index (χ0n) is 9.64. The molecule has 4 heteroatoms. The van der Waals surface area contributed by atoms with Gasteiger partial charge in [0.25, 0.3) is 0 Å². The Labute approximate surface area is 100 Å². The molecule has 0 aromatic heterocycles. The first-order chi connectivity index (χ1) is 8.15. The van der Waals surface area contributed by atoms with Crippen LogP contribution in [0.2, 0.25) is 0 Å². The van der Waals surface area contributed by atoms with Gasteiger partial charge in [0, 0.05) is 18.9 Å². The second-order valence-corrected chi connectivity index (χ2v) is 3.50. The molecule has 0 radical (unpaired) electrons. The van der Waals surface area contributed by atoms with Crippen molar-refractivity contribution < 1.29 is 14.7 Å². The van der Waals surface area contributed by atoms with Gasteiger partial charge in [0.05, 0.1) is 0 Å². The van der Waals surface area contributed by atoms with Crippen molar-refractivity contribution in [2.45, 2.75) is 19.8 Å². The molecule has 0 bridgehead atoms. The highest BCUT2D eigenvalue weighted by atomic mass is 16.3. The molecule has 0 heterocycles. The van der Waals surface area contributed by atoms with Gasteiger partial charge in [0.15, 0.2) is 5.78 Å². The Morgan fingerprint density at radius 3 is 2.53 bits per heavy atom. The molecule has 0 spiro atoms. The Kier molecular flexibility index (Phi) is 4.94. The number of hydrogen-bond donors (Lipinski definition) is 2. The van der Waals surface area contributed by atoms with Gasteiger partial charge in [-0.1, -0.05) is 30.4 Å². The molecule has 90 valence electrons. The third-order valence-electron chi connectivity index (χ3n) is 2.18. The molecule has 0 aliphatic heterocycles. The normalized spacial score (nSPS) is 16.9. The van der Waals surface area contributed by atoms with Crippen molar-refractivity contribution in [3.8, 4) is 0 Å². The van der Waals surface area contributed by atoms with Crippen molar-refractivity contribution in [3.05, 3.63) is 47.9 Å². The van der Waals surface area contributed by atoms with Crippen molar-refractivity contribution in [1.29, 1.82) is 0 Å². The lowest BCUT2D eigenvalue weighted by Crippen LogP contribution is -2.24. The molecule has 0 atom stereocenters. The minimum atomic E-state index is -0.424. The van der Waals surface area contributed by atoms with E-state index < -0.39 is 5.91 Å². The highest BCUT2D eigenvalue weighted by molar-refractivity contribution is 6.03. The van der Waals surface area contributed by atoms with Gasteiger partial charge in [-0.25, -0.2) is 0 Å². The lowest BCUT2D eigenvalue weighted by Gasteiger charge is -2.01. The van der Waals surface area contributed by atoms with Gasteiger partial charge in [0.2, 0.25) is 5.91 Å². The molecule has 0 aromatic carbocycles. The van der Waals surface area contributed by atoms with Crippen LogP contribution in [0, 0.1) is 0 Å². The van der Waals surface area contributed by atoms with E-state index in [2.05, 4.69) is 5.32 Å². The Hall–Kier alpha value is -2.10. The van der Waals surface area contributed by atoms with E-state index in [4.69, 9.17) is 0 Å². The zero-order valence-corrected chi connectivity index (χ0v) is 9.64. The van der Waals surface area contributed by atoms with E-state index in [1.165, 1.54) is 6.08 Å². The smallest absolute Gasteiger partial charge is 0.248 e. The summed E-state index contributed by atoms with van der Waals surface area (Å²) in [5.41, 5.74) is 0.0251. The molecular weight excluding hydrogens is 218 g/mol. The molecule has 1 aliphatic rings. The number of rotatable bonds is 4. The maximum atomic E-state index is 11.4. The van der Waals surface area contributed by atoms with Gasteiger partial charge in [-0.15, -0.1) is 0 Å². The molecular formula is C13H15NO3. The second-order valence-electron chi connectivity index (χ2n) is 3.50. The lowest BCUT2D eigenvalue weighted by atomic mass is 10.3. The fraction of sp³-hybridized carbons (Fsp3) is 0.231. The van der Waals surface area contributed by atoms with Crippen LogP contribution in [0.1, 0.15) is 19.8 Å². The van der Waals surface area contributed by atoms with Crippen LogP contribution in [0.25, 0.3) is 0 Å². The molecule has 0 saturated carbocycles. The first kappa shape index (κ1) is 13.0. The third kappa shape index (κ3) is 4.10. The summed E-state index contributed by atoms with van der Waals surface area (Å²) in [4.78, 5) is 22.6. The number of amides is 1. The van der Waals surface area contributed by atoms with Crippen LogP contribution < -0.4 is 5.32 Å². The Morgan fingerprint density at radius 2 is 1.94 bits per heavy atom. The largest absolute Gasteiger partial charge is 0.510 e. The maximum absolute atomic E-state index is 11.4. The van der Waals surface area contributed by atoms with Crippen molar-refractivity contribution in [2.75, 3.05) is 0 Å². The Morgan fingerprint density at radius 1 is 1.24 bits per heavy atom. The van der Waals surface area contributed by atoms with Crippen molar-refractivity contribution in [3.63, 3.8) is 0 Å². The van der Waals surface area contributed by atoms with Crippen LogP contribution in [0.5, 0.6) is 0 Å². The van der Waals surface area contributed by atoms with Crippen molar-refractivity contribution >= 4 is 11.7 Å². The van der Waals surface area contributed by atoms with Crippen LogP contribution >= 0.6 is 0 Å². The lowest BCUT2D eigenvalue weighted by molar-refractivity contribution is -0.119. The molecule has 4 nitrogen and oxygen atoms in total. The number of carbonyl (C=O) groups excluding carboxylic acids is 2. The molecule has 0 saturated heterocycles. The third-order valence-corrected chi connectivity index (χ3v) is 2.18. The minimum absolute atomic E-state index is 0.0251. The van der Waals surface area contributed by atoms with Gasteiger partial charge in [-0.2, -0.15) is 0 Å². The highest BCUT2D eigenvalue weighted by Gasteiger charge is 2.23. The highest BCUT2D eigenvalue weighted by Crippen LogP contribution is 2.17. The van der Waals surface area contributed by atoms with Crippen LogP contribution in [-0.2, 0) is 9.59 Å². The van der Waals surface area contributed by atoms with Crippen molar-refractivity contribution in [1.82, 2.24) is 5.32 Å². The monoisotopic (exact) mass is 233 g/mol. The summed E-state index contributed by atoms with van der Waals surface area (Å²) in [7, 11) is 0. The summed E-state index contributed by atoms with van der Waals surface area (Å²) in [6, 6.07) is 0. The Balaban J connectivity index is 2.50. The van der Waals surface area contributed by atoms with Crippen molar-refractivity contribution in [2.24, 2.45) is 0 Å². The van der Waals surface area contributed by atoms with Gasteiger partial charge < -0.3 is 10.4 Å². The van der Waals surface area contributed by atoms with E-state index in [-0.39, 0.29) is 23.7 Å². The summed E-state index contributed by atoms with van der Waals surface area (Å²) in [6.07, 6.45) is 10.6. The van der Waals surface area contributed by atoms with Crippen LogP contribution in [0.4, 0.5) is 0 Å². The summed E-state index contributed by atoms with van der Waals surface area (Å²) in [6.45, 7) is 1.89. The van der Waals surface area contributed by atoms with E-state index in [0.29, 0.717) is 6.42 Å². The fourth-order valence-corrected chi connectivity index (χ4v) is 1.33. The van der Waals surface area contributed by atoms with Crippen LogP contribution in [-0.4, -0.2) is 16.8 Å². The van der Waals surface area contributed by atoms with E-state index in [1.54, 1.807) is 18.2 Å². The molecule has 17 heavy (non-hydrogen) atoms. The standard InChI is InChI=1S/C13H15NO3/c1-2-3-4-5-6-7-12(17)14-13-10(15)8-9-11(13)16/h2-7,15H,8-9H2,1H3,(H,14,17)/b3-2+,5-4+,7-6+. The fourth-order valence-electron chi connectivity index (χ4n) is 1.33. The van der Waals surface area contributed by atoms with Gasteiger partial charge in [0.1, 0.15) is 11.5 Å². The molecule has 1 amide bonds. The Bertz CT molecular complexity index is 428. The number of aliphatic hydroxyl groups excluding tert-OH is 1. The SMILES string of the molecule is C/C=C/C=C/C=C/C(=O)NC1=C(O)CCC1=O. The summed E-state index contributed by atoms with van der Waals surface area (Å²) >= 11 is 0. The molecule has 0 fully saturated rings. The predicted octanol–water partition coefficient (Wildman–Crippen LogP) is 1.92. The van der Waals surface area contributed by atoms with E-state index in [9.17, 15) is 14.7 Å². The van der Waals surface area contributed by atoms with E-state index >= 15 is 0 Å². The van der Waals surface area contributed by atoms with Crippen LogP contribution in [0.15, 0.2) is 47.9 Å². The number of nitrogens with one attached hydrogen (secondary N) is 1. The number of carbonyl (C=O) groups is 2. The van der Waals surface area contributed by atoms with Gasteiger partial charge >= 0.3 is 0 Å². The zero-order chi connectivity index (χ0) is 12.7. The number of allylic oxidation sites excluding steroid dienone is 7. The number of Topliss-reactive ketones (excluding diaryl/α,β-unsaturated/α-hetero) is 1. The number of ketones is 1. The van der Waals surface area contributed by atoms with E-state index in [1.807, 2.05) is 19.1 Å². The summed E-state index contributed by atoms with van der Waals surface area (Å²) in [5, 5.41) is 11.7. The number of aliphatic hydroxyl groups is 1. The number of hydrogen-bond acceptors (Lipinski definition) is 3. The first-order valence-electron chi connectivity index (χ1n) is 5.37. The van der Waals surface area contributed by atoms with E-state index in [0.717, 1.165) is 0 Å². The average Bonchev–Trinajstić information content (AvgIpc) is 2.60. The second kappa shape index (κ2) is 6.48. The summed E-state index contributed by atoms with van der Waals surface area (Å²) in [5.74, 6) is -0.693. The molecule has 1 aliphatic carbocycles. The molecule has 2 N–H and O–H groups in total. The topological polar surface area (TPSA) is 66.4 Å². The van der Waals surface area contributed by atoms with Crippen LogP contribution in [0.3, 0.4) is 0 Å². The summed E-state index contributed by atoms with van der Waals surface area (Å²) < 4.78 is 0. The molecule has 0 aromatic rings.